The van der Waals surface area contributed by atoms with Gasteiger partial charge in [-0.2, -0.15) is 0 Å². The lowest BCUT2D eigenvalue weighted by molar-refractivity contribution is -0.140. The Hall–Kier alpha value is -2.97. The van der Waals surface area contributed by atoms with Gasteiger partial charge in [0.1, 0.15) is 17.9 Å². The molecular formula is C19H15ClN2O5S. The van der Waals surface area contributed by atoms with Gasteiger partial charge in [0, 0.05) is 45.6 Å². The third-order valence-electron chi connectivity index (χ3n) is 3.84. The minimum absolute atomic E-state index is 0.0104. The number of nitrogens with zero attached hydrogens (tertiary/aromatic N) is 1. The Kier molecular flexibility index (Phi) is 5.91. The number of aromatic hydroxyl groups is 1. The lowest BCUT2D eigenvalue weighted by Crippen LogP contribution is -2.31. The number of amides is 1. The highest BCUT2D eigenvalue weighted by Gasteiger charge is 2.21. The normalized spacial score (nSPS) is 10.6. The first-order valence-corrected chi connectivity index (χ1v) is 9.39. The van der Waals surface area contributed by atoms with Crippen molar-refractivity contribution in [2.45, 2.75) is 6.92 Å². The molecule has 2 aromatic heterocycles. The zero-order chi connectivity index (χ0) is 20.3. The highest BCUT2D eigenvalue weighted by atomic mass is 35.5. The van der Waals surface area contributed by atoms with Gasteiger partial charge in [0.15, 0.2) is 0 Å². The van der Waals surface area contributed by atoms with Gasteiger partial charge in [-0.25, -0.2) is 0 Å². The van der Waals surface area contributed by atoms with E-state index < -0.39 is 22.4 Å². The second kappa shape index (κ2) is 8.37. The van der Waals surface area contributed by atoms with E-state index in [-0.39, 0.29) is 18.7 Å². The average Bonchev–Trinajstić information content (AvgIpc) is 2.66. The first-order chi connectivity index (χ1) is 13.4. The molecule has 3 rings (SSSR count). The Labute approximate surface area is 168 Å². The fraction of sp³-hybridized carbons (Fsp3) is 0.158. The molecule has 1 amide bonds. The Morgan fingerprint density at radius 3 is 2.82 bits per heavy atom. The molecule has 0 aliphatic carbocycles. The third-order valence-corrected chi connectivity index (χ3v) is 5.09. The van der Waals surface area contributed by atoms with Crippen LogP contribution in [0.1, 0.15) is 17.3 Å². The van der Waals surface area contributed by atoms with Crippen LogP contribution in [0.25, 0.3) is 21.2 Å². The maximum Gasteiger partial charge on any atom is 0.302 e. The quantitative estimate of drug-likeness (QED) is 0.487. The summed E-state index contributed by atoms with van der Waals surface area (Å²) in [5, 5.41) is 13.7. The molecule has 0 bridgehead atoms. The summed E-state index contributed by atoms with van der Waals surface area (Å²) in [7, 11) is 0. The van der Waals surface area contributed by atoms with Crippen LogP contribution in [-0.2, 0) is 9.53 Å². The summed E-state index contributed by atoms with van der Waals surface area (Å²) in [6, 6.07) is 6.73. The molecule has 0 saturated heterocycles. The number of halogens is 1. The molecule has 0 fully saturated rings. The highest BCUT2D eigenvalue weighted by molar-refractivity contribution is 7.17. The maximum absolute atomic E-state index is 12.6. The van der Waals surface area contributed by atoms with Crippen LogP contribution in [0.5, 0.6) is 5.75 Å². The predicted octanol–water partition coefficient (Wildman–Crippen LogP) is 2.98. The number of ether oxygens (including phenoxy) is 1. The average molecular weight is 419 g/mol. The zero-order valence-corrected chi connectivity index (χ0v) is 16.3. The van der Waals surface area contributed by atoms with E-state index >= 15 is 0 Å². The summed E-state index contributed by atoms with van der Waals surface area (Å²) in [5.41, 5.74) is 0.984. The van der Waals surface area contributed by atoms with E-state index in [0.717, 1.165) is 16.9 Å². The maximum atomic E-state index is 12.6. The van der Waals surface area contributed by atoms with Gasteiger partial charge in [0.25, 0.3) is 5.91 Å². The van der Waals surface area contributed by atoms with E-state index in [1.165, 1.54) is 13.0 Å². The monoisotopic (exact) mass is 418 g/mol. The van der Waals surface area contributed by atoms with E-state index in [4.69, 9.17) is 16.3 Å². The van der Waals surface area contributed by atoms with Crippen LogP contribution in [0.15, 0.2) is 41.5 Å². The predicted molar refractivity (Wildman–Crippen MR) is 107 cm³/mol. The lowest BCUT2D eigenvalue weighted by atomic mass is 10.0. The molecule has 0 spiro atoms. The van der Waals surface area contributed by atoms with Crippen LogP contribution < -0.4 is 10.1 Å². The second-order valence-corrected chi connectivity index (χ2v) is 7.20. The van der Waals surface area contributed by atoms with Crippen molar-refractivity contribution in [2.75, 3.05) is 13.2 Å². The van der Waals surface area contributed by atoms with Gasteiger partial charge in [-0.1, -0.05) is 29.0 Å². The van der Waals surface area contributed by atoms with Crippen LogP contribution in [-0.4, -0.2) is 35.1 Å². The van der Waals surface area contributed by atoms with Gasteiger partial charge in [0.05, 0.1) is 6.54 Å². The molecule has 2 N–H and O–H groups in total. The van der Waals surface area contributed by atoms with Gasteiger partial charge >= 0.3 is 5.97 Å². The van der Waals surface area contributed by atoms with Crippen LogP contribution in [0, 0.1) is 0 Å². The van der Waals surface area contributed by atoms with Gasteiger partial charge in [-0.05, 0) is 18.2 Å². The molecule has 1 aromatic carbocycles. The molecule has 9 heteroatoms. The molecule has 0 atom stereocenters. The first-order valence-electron chi connectivity index (χ1n) is 8.19. The van der Waals surface area contributed by atoms with E-state index in [1.54, 1.807) is 24.5 Å². The molecule has 0 aliphatic rings. The number of rotatable bonds is 5. The summed E-state index contributed by atoms with van der Waals surface area (Å²) >= 11 is 7.03. The van der Waals surface area contributed by atoms with E-state index in [0.29, 0.717) is 20.7 Å². The zero-order valence-electron chi connectivity index (χ0n) is 14.7. The minimum Gasteiger partial charge on any atom is -0.506 e. The van der Waals surface area contributed by atoms with Crippen molar-refractivity contribution in [1.82, 2.24) is 10.3 Å². The molecule has 2 heterocycles. The summed E-state index contributed by atoms with van der Waals surface area (Å²) in [6.07, 6.45) is 3.24. The molecule has 28 heavy (non-hydrogen) atoms. The summed E-state index contributed by atoms with van der Waals surface area (Å²) < 4.78 is 4.63. The van der Waals surface area contributed by atoms with Crippen LogP contribution in [0.3, 0.4) is 0 Å². The highest BCUT2D eigenvalue weighted by Crippen LogP contribution is 2.38. The number of benzene rings is 1. The number of aromatic nitrogens is 1. The Morgan fingerprint density at radius 2 is 2.14 bits per heavy atom. The molecule has 0 saturated carbocycles. The van der Waals surface area contributed by atoms with Crippen LogP contribution >= 0.6 is 22.9 Å². The third kappa shape index (κ3) is 4.13. The van der Waals surface area contributed by atoms with Crippen molar-refractivity contribution in [3.8, 4) is 16.9 Å². The minimum atomic E-state index is -0.754. The van der Waals surface area contributed by atoms with Crippen LogP contribution in [0.2, 0.25) is 5.02 Å². The molecule has 7 nitrogen and oxygen atoms in total. The number of hydrogen-bond donors (Lipinski definition) is 2. The first kappa shape index (κ1) is 19.8. The van der Waals surface area contributed by atoms with Gasteiger partial charge in [-0.15, -0.1) is 0 Å². The SMILES string of the molecule is CC(=O)OCCNC(=O)c1c(O)c2cc(Cl)cc(-c3cccnc3)c2sc1=O. The van der Waals surface area contributed by atoms with E-state index in [1.807, 2.05) is 6.07 Å². The standard InChI is InChI=1S/C19H15ClN2O5S/c1-10(23)27-6-5-22-18(25)15-16(24)14-8-12(20)7-13(17(14)28-19(15)26)11-3-2-4-21-9-11/h2-4,7-9,24H,5-6H2,1H3,(H,22,25). The molecule has 0 unspecified atom stereocenters. The van der Waals surface area contributed by atoms with Crippen molar-refractivity contribution >= 4 is 44.9 Å². The molecule has 0 aliphatic heterocycles. The number of esters is 1. The Morgan fingerprint density at radius 1 is 1.36 bits per heavy atom. The molecular weight excluding hydrogens is 404 g/mol. The largest absolute Gasteiger partial charge is 0.506 e. The van der Waals surface area contributed by atoms with Crippen molar-refractivity contribution < 1.29 is 19.4 Å². The topological polar surface area (TPSA) is 106 Å². The smallest absolute Gasteiger partial charge is 0.302 e. The Bertz CT molecular complexity index is 1110. The molecule has 0 radical (unpaired) electrons. The van der Waals surface area contributed by atoms with Crippen molar-refractivity contribution in [1.29, 1.82) is 0 Å². The van der Waals surface area contributed by atoms with Gasteiger partial charge in [-0.3, -0.25) is 19.4 Å². The second-order valence-electron chi connectivity index (χ2n) is 5.78. The molecule has 3 aromatic rings. The summed E-state index contributed by atoms with van der Waals surface area (Å²) in [5.74, 6) is -1.68. The fourth-order valence-electron chi connectivity index (χ4n) is 2.64. The Balaban J connectivity index is 2.04. The van der Waals surface area contributed by atoms with Gasteiger partial charge < -0.3 is 15.2 Å². The van der Waals surface area contributed by atoms with Gasteiger partial charge in [0.2, 0.25) is 4.74 Å². The number of pyridine rings is 1. The van der Waals surface area contributed by atoms with Crippen molar-refractivity contribution in [3.63, 3.8) is 0 Å². The number of carbonyl (C=O) groups excluding carboxylic acids is 2. The summed E-state index contributed by atoms with van der Waals surface area (Å²) in [6.45, 7) is 1.22. The summed E-state index contributed by atoms with van der Waals surface area (Å²) in [4.78, 5) is 39.8. The fourth-order valence-corrected chi connectivity index (χ4v) is 3.89. The number of hydrogen-bond acceptors (Lipinski definition) is 7. The van der Waals surface area contributed by atoms with Crippen LogP contribution in [0.4, 0.5) is 0 Å². The number of carbonyl (C=O) groups is 2. The van der Waals surface area contributed by atoms with E-state index in [9.17, 15) is 19.5 Å². The molecule has 144 valence electrons. The number of fused-ring (bicyclic) bond motifs is 1. The lowest BCUT2D eigenvalue weighted by Gasteiger charge is -2.11. The van der Waals surface area contributed by atoms with Crippen molar-refractivity contribution in [2.24, 2.45) is 0 Å². The van der Waals surface area contributed by atoms with E-state index in [2.05, 4.69) is 10.3 Å². The number of nitrogens with one attached hydrogen (secondary N) is 1. The van der Waals surface area contributed by atoms with Crippen molar-refractivity contribution in [3.05, 3.63) is 56.8 Å².